The third-order valence-corrected chi connectivity index (χ3v) is 6.99. The Morgan fingerprint density at radius 1 is 1.14 bits per heavy atom. The van der Waals surface area contributed by atoms with Crippen LogP contribution < -0.4 is 19.5 Å². The number of nitrogens with one attached hydrogen (secondary N) is 2. The molecule has 1 amide bonds. The molecule has 2 aromatic rings. The van der Waals surface area contributed by atoms with Crippen LogP contribution in [0, 0.1) is 5.92 Å². The molecule has 2 N–H and O–H groups in total. The van der Waals surface area contributed by atoms with Gasteiger partial charge >= 0.3 is 0 Å². The van der Waals surface area contributed by atoms with Crippen LogP contribution in [0.1, 0.15) is 19.4 Å². The maximum Gasteiger partial charge on any atom is 0.250 e. The minimum atomic E-state index is -3.72. The van der Waals surface area contributed by atoms with Gasteiger partial charge in [-0.2, -0.15) is 4.72 Å². The largest absolute Gasteiger partial charge is 0.493 e. The molecule has 7 nitrogen and oxygen atoms in total. The third kappa shape index (κ3) is 5.70. The number of methoxy groups -OCH3 is 2. The molecule has 0 radical (unpaired) electrons. The second kappa shape index (κ2) is 9.90. The second-order valence-electron chi connectivity index (χ2n) is 6.51. The van der Waals surface area contributed by atoms with Crippen LogP contribution in [0.2, 0.25) is 0 Å². The standard InChI is InChI=1S/C19H26N2O5S2/c1-13(2)18(21-28(23,24)17-6-5-11-27-17)19(22)20-10-9-14-7-8-15(25-3)16(12-14)26-4/h5-8,11-13,18,21H,9-10H2,1-4H3,(H,20,22). The fraction of sp³-hybridized carbons (Fsp3) is 0.421. The number of carbonyl (C=O) groups excluding carboxylic acids is 1. The van der Waals surface area contributed by atoms with Crippen LogP contribution in [0.25, 0.3) is 0 Å². The fourth-order valence-electron chi connectivity index (χ4n) is 2.61. The zero-order valence-corrected chi connectivity index (χ0v) is 18.0. The number of carbonyl (C=O) groups is 1. The molecule has 0 spiro atoms. The Balaban J connectivity index is 1.98. The topological polar surface area (TPSA) is 93.7 Å². The Labute approximate surface area is 170 Å². The predicted octanol–water partition coefficient (Wildman–Crippen LogP) is 2.43. The smallest absolute Gasteiger partial charge is 0.250 e. The summed E-state index contributed by atoms with van der Waals surface area (Å²) in [7, 11) is -0.587. The van der Waals surface area contributed by atoms with Crippen LogP contribution >= 0.6 is 11.3 Å². The molecule has 28 heavy (non-hydrogen) atoms. The Hall–Kier alpha value is -2.10. The molecule has 1 heterocycles. The summed E-state index contributed by atoms with van der Waals surface area (Å²) in [5.74, 6) is 0.708. The Bertz CT molecular complexity index is 880. The molecule has 1 atom stereocenters. The van der Waals surface area contributed by atoms with Crippen molar-refractivity contribution >= 4 is 27.3 Å². The van der Waals surface area contributed by atoms with E-state index in [-0.39, 0.29) is 16.0 Å². The van der Waals surface area contributed by atoms with Crippen LogP contribution in [-0.4, -0.2) is 41.1 Å². The van der Waals surface area contributed by atoms with E-state index >= 15 is 0 Å². The van der Waals surface area contributed by atoms with E-state index in [4.69, 9.17) is 9.47 Å². The second-order valence-corrected chi connectivity index (χ2v) is 9.39. The van der Waals surface area contributed by atoms with Crippen molar-refractivity contribution in [2.24, 2.45) is 5.92 Å². The quantitative estimate of drug-likeness (QED) is 0.609. The van der Waals surface area contributed by atoms with Gasteiger partial charge in [0.25, 0.3) is 10.0 Å². The molecule has 1 aromatic carbocycles. The lowest BCUT2D eigenvalue weighted by Gasteiger charge is -2.21. The van der Waals surface area contributed by atoms with Gasteiger partial charge in [0.2, 0.25) is 5.91 Å². The highest BCUT2D eigenvalue weighted by molar-refractivity contribution is 7.91. The zero-order valence-electron chi connectivity index (χ0n) is 16.4. The van der Waals surface area contributed by atoms with Crippen molar-refractivity contribution in [1.29, 1.82) is 0 Å². The normalized spacial score (nSPS) is 12.6. The molecule has 1 aromatic heterocycles. The van der Waals surface area contributed by atoms with E-state index < -0.39 is 16.1 Å². The van der Waals surface area contributed by atoms with E-state index in [0.29, 0.717) is 24.5 Å². The first-order chi connectivity index (χ1) is 13.3. The van der Waals surface area contributed by atoms with Gasteiger partial charge in [-0.3, -0.25) is 4.79 Å². The summed E-state index contributed by atoms with van der Waals surface area (Å²) in [4.78, 5) is 12.6. The SMILES string of the molecule is COc1ccc(CCNC(=O)C(NS(=O)(=O)c2cccs2)C(C)C)cc1OC. The van der Waals surface area contributed by atoms with E-state index in [1.165, 1.54) is 6.07 Å². The first kappa shape index (κ1) is 22.2. The molecule has 1 unspecified atom stereocenters. The average Bonchev–Trinajstić information content (AvgIpc) is 3.21. The number of amides is 1. The van der Waals surface area contributed by atoms with Gasteiger partial charge in [-0.1, -0.05) is 26.0 Å². The minimum absolute atomic E-state index is 0.191. The summed E-state index contributed by atoms with van der Waals surface area (Å²) in [6.45, 7) is 3.98. The van der Waals surface area contributed by atoms with Gasteiger partial charge in [0, 0.05) is 6.54 Å². The lowest BCUT2D eigenvalue weighted by Crippen LogP contribution is -2.49. The Morgan fingerprint density at radius 3 is 2.43 bits per heavy atom. The molecule has 0 bridgehead atoms. The number of benzene rings is 1. The van der Waals surface area contributed by atoms with Crippen LogP contribution in [0.15, 0.2) is 39.9 Å². The maximum atomic E-state index is 12.6. The van der Waals surface area contributed by atoms with E-state index in [0.717, 1.165) is 16.9 Å². The number of rotatable bonds is 10. The van der Waals surface area contributed by atoms with Crippen molar-refractivity contribution in [3.05, 3.63) is 41.3 Å². The monoisotopic (exact) mass is 426 g/mol. The van der Waals surface area contributed by atoms with E-state index in [1.807, 2.05) is 18.2 Å². The molecular formula is C19H26N2O5S2. The first-order valence-electron chi connectivity index (χ1n) is 8.83. The van der Waals surface area contributed by atoms with Gasteiger partial charge in [-0.05, 0) is 41.5 Å². The number of hydrogen-bond donors (Lipinski definition) is 2. The van der Waals surface area contributed by atoms with Crippen molar-refractivity contribution in [3.8, 4) is 11.5 Å². The van der Waals surface area contributed by atoms with Gasteiger partial charge < -0.3 is 14.8 Å². The molecule has 0 saturated heterocycles. The van der Waals surface area contributed by atoms with Crippen molar-refractivity contribution in [2.45, 2.75) is 30.5 Å². The summed E-state index contributed by atoms with van der Waals surface area (Å²) in [5, 5.41) is 4.49. The average molecular weight is 427 g/mol. The molecular weight excluding hydrogens is 400 g/mol. The number of sulfonamides is 1. The van der Waals surface area contributed by atoms with E-state index in [2.05, 4.69) is 10.0 Å². The van der Waals surface area contributed by atoms with Gasteiger partial charge in [0.1, 0.15) is 10.3 Å². The number of hydrogen-bond acceptors (Lipinski definition) is 6. The lowest BCUT2D eigenvalue weighted by atomic mass is 10.0. The van der Waals surface area contributed by atoms with Crippen molar-refractivity contribution in [2.75, 3.05) is 20.8 Å². The van der Waals surface area contributed by atoms with E-state index in [9.17, 15) is 13.2 Å². The van der Waals surface area contributed by atoms with Crippen molar-refractivity contribution in [3.63, 3.8) is 0 Å². The van der Waals surface area contributed by atoms with Crippen LogP contribution in [-0.2, 0) is 21.2 Å². The number of thiophene rings is 1. The maximum absolute atomic E-state index is 12.6. The van der Waals surface area contributed by atoms with Crippen LogP contribution in [0.3, 0.4) is 0 Å². The van der Waals surface area contributed by atoms with E-state index in [1.54, 1.807) is 39.5 Å². The molecule has 154 valence electrons. The molecule has 0 saturated carbocycles. The van der Waals surface area contributed by atoms with Crippen LogP contribution in [0.4, 0.5) is 0 Å². The summed E-state index contributed by atoms with van der Waals surface area (Å²) < 4.78 is 38.1. The van der Waals surface area contributed by atoms with Crippen LogP contribution in [0.5, 0.6) is 11.5 Å². The first-order valence-corrected chi connectivity index (χ1v) is 11.2. The third-order valence-electron chi connectivity index (χ3n) is 4.15. The number of ether oxygens (including phenoxy) is 2. The summed E-state index contributed by atoms with van der Waals surface area (Å²) in [6.07, 6.45) is 0.578. The molecule has 9 heteroatoms. The molecule has 2 rings (SSSR count). The van der Waals surface area contributed by atoms with Crippen molar-refractivity contribution < 1.29 is 22.7 Å². The Kier molecular flexibility index (Phi) is 7.85. The summed E-state index contributed by atoms with van der Waals surface area (Å²) >= 11 is 1.11. The van der Waals surface area contributed by atoms with Crippen molar-refractivity contribution in [1.82, 2.24) is 10.0 Å². The highest BCUT2D eigenvalue weighted by atomic mass is 32.2. The summed E-state index contributed by atoms with van der Waals surface area (Å²) in [6, 6.07) is 7.88. The van der Waals surface area contributed by atoms with Gasteiger partial charge in [-0.15, -0.1) is 11.3 Å². The fourth-order valence-corrected chi connectivity index (χ4v) is 4.96. The zero-order chi connectivity index (χ0) is 20.7. The molecule has 0 aliphatic carbocycles. The highest BCUT2D eigenvalue weighted by Crippen LogP contribution is 2.27. The summed E-state index contributed by atoms with van der Waals surface area (Å²) in [5.41, 5.74) is 0.971. The predicted molar refractivity (Wildman–Crippen MR) is 110 cm³/mol. The van der Waals surface area contributed by atoms with Gasteiger partial charge in [0.15, 0.2) is 11.5 Å². The van der Waals surface area contributed by atoms with Gasteiger partial charge in [0.05, 0.1) is 14.2 Å². The highest BCUT2D eigenvalue weighted by Gasteiger charge is 2.28. The van der Waals surface area contributed by atoms with Gasteiger partial charge in [-0.25, -0.2) is 8.42 Å². The minimum Gasteiger partial charge on any atom is -0.493 e. The molecule has 0 fully saturated rings. The molecule has 0 aliphatic rings. The lowest BCUT2D eigenvalue weighted by molar-refractivity contribution is -0.123. The Morgan fingerprint density at radius 2 is 1.86 bits per heavy atom. The molecule has 0 aliphatic heterocycles.